The first-order valence-electron chi connectivity index (χ1n) is 8.53. The van der Waals surface area contributed by atoms with Gasteiger partial charge in [-0.15, -0.1) is 0 Å². The standard InChI is InChI=1S/C20H22FN3O/c1-14-10-17(21)3-2-15(14)13-23-18-4-5-20(16(11-18)12-22)24-8-6-19(25)7-9-24/h2-5,10-11,19,23,25H,6-9,13H2,1H3. The molecule has 0 aromatic heterocycles. The maximum Gasteiger partial charge on any atom is 0.123 e. The minimum atomic E-state index is -0.235. The van der Waals surface area contributed by atoms with Gasteiger partial charge < -0.3 is 15.3 Å². The molecule has 1 saturated heterocycles. The van der Waals surface area contributed by atoms with Gasteiger partial charge in [0.05, 0.1) is 17.4 Å². The normalized spacial score (nSPS) is 15.0. The molecule has 130 valence electrons. The van der Waals surface area contributed by atoms with Gasteiger partial charge in [0, 0.05) is 25.3 Å². The zero-order valence-electron chi connectivity index (χ0n) is 14.3. The highest BCUT2D eigenvalue weighted by molar-refractivity contribution is 5.65. The van der Waals surface area contributed by atoms with Crippen molar-refractivity contribution in [1.82, 2.24) is 0 Å². The van der Waals surface area contributed by atoms with Gasteiger partial charge in [0.2, 0.25) is 0 Å². The summed E-state index contributed by atoms with van der Waals surface area (Å²) in [5.74, 6) is -0.232. The molecule has 0 unspecified atom stereocenters. The van der Waals surface area contributed by atoms with Crippen LogP contribution in [-0.2, 0) is 6.54 Å². The summed E-state index contributed by atoms with van der Waals surface area (Å²) < 4.78 is 13.2. The largest absolute Gasteiger partial charge is 0.393 e. The van der Waals surface area contributed by atoms with E-state index in [-0.39, 0.29) is 11.9 Å². The van der Waals surface area contributed by atoms with Gasteiger partial charge in [0.25, 0.3) is 0 Å². The third kappa shape index (κ3) is 4.09. The Labute approximate surface area is 147 Å². The molecule has 0 amide bonds. The second-order valence-corrected chi connectivity index (χ2v) is 6.49. The van der Waals surface area contributed by atoms with E-state index in [0.29, 0.717) is 12.1 Å². The lowest BCUT2D eigenvalue weighted by Gasteiger charge is -2.32. The minimum Gasteiger partial charge on any atom is -0.393 e. The number of hydrogen-bond donors (Lipinski definition) is 2. The molecule has 4 nitrogen and oxygen atoms in total. The number of rotatable bonds is 4. The molecule has 3 rings (SSSR count). The van der Waals surface area contributed by atoms with Crippen LogP contribution in [0, 0.1) is 24.1 Å². The summed E-state index contributed by atoms with van der Waals surface area (Å²) in [4.78, 5) is 2.15. The monoisotopic (exact) mass is 339 g/mol. The quantitative estimate of drug-likeness (QED) is 0.894. The van der Waals surface area contributed by atoms with Crippen LogP contribution in [-0.4, -0.2) is 24.3 Å². The van der Waals surface area contributed by atoms with Crippen molar-refractivity contribution in [3.05, 3.63) is 58.9 Å². The topological polar surface area (TPSA) is 59.3 Å². The predicted octanol–water partition coefficient (Wildman–Crippen LogP) is 3.58. The van der Waals surface area contributed by atoms with E-state index in [4.69, 9.17) is 0 Å². The van der Waals surface area contributed by atoms with Crippen LogP contribution in [0.5, 0.6) is 0 Å². The average molecular weight is 339 g/mol. The molecular weight excluding hydrogens is 317 g/mol. The Bertz CT molecular complexity index is 792. The van der Waals surface area contributed by atoms with E-state index in [2.05, 4.69) is 16.3 Å². The van der Waals surface area contributed by atoms with Gasteiger partial charge in [0.1, 0.15) is 11.9 Å². The molecule has 1 aliphatic rings. The van der Waals surface area contributed by atoms with Crippen LogP contribution in [0.25, 0.3) is 0 Å². The van der Waals surface area contributed by atoms with E-state index in [9.17, 15) is 14.8 Å². The van der Waals surface area contributed by atoms with Crippen molar-refractivity contribution in [3.63, 3.8) is 0 Å². The van der Waals surface area contributed by atoms with E-state index in [0.717, 1.165) is 48.4 Å². The number of aliphatic hydroxyl groups excluding tert-OH is 1. The van der Waals surface area contributed by atoms with Crippen LogP contribution in [0.15, 0.2) is 36.4 Å². The van der Waals surface area contributed by atoms with Crippen molar-refractivity contribution >= 4 is 11.4 Å². The Morgan fingerprint density at radius 1 is 1.24 bits per heavy atom. The van der Waals surface area contributed by atoms with Gasteiger partial charge in [-0.3, -0.25) is 0 Å². The highest BCUT2D eigenvalue weighted by Crippen LogP contribution is 2.27. The van der Waals surface area contributed by atoms with Crippen LogP contribution in [0.1, 0.15) is 29.5 Å². The van der Waals surface area contributed by atoms with Crippen molar-refractivity contribution in [2.45, 2.75) is 32.4 Å². The summed E-state index contributed by atoms with van der Waals surface area (Å²) in [7, 11) is 0. The van der Waals surface area contributed by atoms with Crippen LogP contribution in [0.3, 0.4) is 0 Å². The molecule has 2 N–H and O–H groups in total. The molecule has 0 radical (unpaired) electrons. The molecule has 0 aliphatic carbocycles. The van der Waals surface area contributed by atoms with Gasteiger partial charge in [-0.05, 0) is 61.2 Å². The SMILES string of the molecule is Cc1cc(F)ccc1CNc1ccc(N2CCC(O)CC2)c(C#N)c1. The first-order chi connectivity index (χ1) is 12.1. The fourth-order valence-corrected chi connectivity index (χ4v) is 3.17. The van der Waals surface area contributed by atoms with E-state index in [1.807, 2.05) is 25.1 Å². The number of nitrogens with one attached hydrogen (secondary N) is 1. The lowest BCUT2D eigenvalue weighted by molar-refractivity contribution is 0.145. The van der Waals surface area contributed by atoms with E-state index in [1.54, 1.807) is 6.07 Å². The zero-order chi connectivity index (χ0) is 17.8. The van der Waals surface area contributed by atoms with Crippen molar-refractivity contribution < 1.29 is 9.50 Å². The van der Waals surface area contributed by atoms with Crippen LogP contribution >= 0.6 is 0 Å². The molecule has 0 bridgehead atoms. The smallest absolute Gasteiger partial charge is 0.123 e. The van der Waals surface area contributed by atoms with Crippen LogP contribution < -0.4 is 10.2 Å². The highest BCUT2D eigenvalue weighted by Gasteiger charge is 2.19. The number of aryl methyl sites for hydroxylation is 1. The number of nitriles is 1. The van der Waals surface area contributed by atoms with Crippen molar-refractivity contribution in [1.29, 1.82) is 5.26 Å². The number of benzene rings is 2. The molecule has 0 atom stereocenters. The Kier molecular flexibility index (Phi) is 5.20. The van der Waals surface area contributed by atoms with E-state index < -0.39 is 0 Å². The lowest BCUT2D eigenvalue weighted by Crippen LogP contribution is -2.36. The minimum absolute atomic E-state index is 0.232. The number of nitrogens with zero attached hydrogens (tertiary/aromatic N) is 2. The maximum atomic E-state index is 13.2. The summed E-state index contributed by atoms with van der Waals surface area (Å²) in [5.41, 5.74) is 4.32. The Hall–Kier alpha value is -2.58. The molecule has 1 aliphatic heterocycles. The fourth-order valence-electron chi connectivity index (χ4n) is 3.17. The molecule has 5 heteroatoms. The second-order valence-electron chi connectivity index (χ2n) is 6.49. The molecule has 0 saturated carbocycles. The number of aliphatic hydroxyl groups is 1. The second kappa shape index (κ2) is 7.54. The van der Waals surface area contributed by atoms with Crippen molar-refractivity contribution in [3.8, 4) is 6.07 Å². The summed E-state index contributed by atoms with van der Waals surface area (Å²) in [6, 6.07) is 12.8. The van der Waals surface area contributed by atoms with Gasteiger partial charge in [-0.1, -0.05) is 6.07 Å². The first kappa shape index (κ1) is 17.2. The Balaban J connectivity index is 1.72. The molecule has 0 spiro atoms. The molecule has 1 fully saturated rings. The summed E-state index contributed by atoms with van der Waals surface area (Å²) in [5, 5.41) is 22.4. The summed E-state index contributed by atoms with van der Waals surface area (Å²) in [6.07, 6.45) is 1.23. The van der Waals surface area contributed by atoms with E-state index in [1.165, 1.54) is 12.1 Å². The van der Waals surface area contributed by atoms with Crippen LogP contribution in [0.2, 0.25) is 0 Å². The Morgan fingerprint density at radius 2 is 2.00 bits per heavy atom. The predicted molar refractivity (Wildman–Crippen MR) is 97.1 cm³/mol. The fraction of sp³-hybridized carbons (Fsp3) is 0.350. The van der Waals surface area contributed by atoms with E-state index >= 15 is 0 Å². The zero-order valence-corrected chi connectivity index (χ0v) is 14.3. The van der Waals surface area contributed by atoms with Gasteiger partial charge >= 0.3 is 0 Å². The van der Waals surface area contributed by atoms with Crippen LogP contribution in [0.4, 0.5) is 15.8 Å². The maximum absolute atomic E-state index is 13.2. The molecule has 2 aromatic rings. The molecule has 1 heterocycles. The third-order valence-electron chi connectivity index (χ3n) is 4.71. The molecular formula is C20H22FN3O. The molecule has 2 aromatic carbocycles. The lowest BCUT2D eigenvalue weighted by atomic mass is 10.0. The van der Waals surface area contributed by atoms with Gasteiger partial charge in [-0.2, -0.15) is 5.26 Å². The van der Waals surface area contributed by atoms with Crippen molar-refractivity contribution in [2.75, 3.05) is 23.3 Å². The summed E-state index contributed by atoms with van der Waals surface area (Å²) in [6.45, 7) is 3.98. The van der Waals surface area contributed by atoms with Gasteiger partial charge in [0.15, 0.2) is 0 Å². The number of piperidine rings is 1. The Morgan fingerprint density at radius 3 is 2.68 bits per heavy atom. The number of hydrogen-bond acceptors (Lipinski definition) is 4. The average Bonchev–Trinajstić information content (AvgIpc) is 2.61. The number of halogens is 1. The van der Waals surface area contributed by atoms with Gasteiger partial charge in [-0.25, -0.2) is 4.39 Å². The summed E-state index contributed by atoms with van der Waals surface area (Å²) >= 11 is 0. The first-order valence-corrected chi connectivity index (χ1v) is 8.53. The number of anilines is 2. The third-order valence-corrected chi connectivity index (χ3v) is 4.71. The van der Waals surface area contributed by atoms with Crippen molar-refractivity contribution in [2.24, 2.45) is 0 Å². The molecule has 25 heavy (non-hydrogen) atoms. The highest BCUT2D eigenvalue weighted by atomic mass is 19.1.